The predicted molar refractivity (Wildman–Crippen MR) is 19.3 cm³/mol. The van der Waals surface area contributed by atoms with Crippen molar-refractivity contribution in [3.63, 3.8) is 0 Å². The van der Waals surface area contributed by atoms with Gasteiger partial charge in [-0.3, -0.25) is 5.73 Å². The highest BCUT2D eigenvalue weighted by atomic mass is 16.5. The Morgan fingerprint density at radius 2 is 2.67 bits per heavy atom. The summed E-state index contributed by atoms with van der Waals surface area (Å²) >= 11 is 0. The van der Waals surface area contributed by atoms with Gasteiger partial charge in [-0.05, 0) is 0 Å². The van der Waals surface area contributed by atoms with Crippen LogP contribution in [0.5, 0.6) is 0 Å². The molecule has 31 valence electrons. The highest BCUT2D eigenvalue weighted by molar-refractivity contribution is 5.22. The predicted octanol–water partition coefficient (Wildman–Crippen LogP) is 0.589. The summed E-state index contributed by atoms with van der Waals surface area (Å²) in [4.78, 5) is 0. The summed E-state index contributed by atoms with van der Waals surface area (Å²) in [6, 6.07) is 0. The molecule has 1 aromatic rings. The van der Waals surface area contributed by atoms with E-state index in [1.165, 1.54) is 12.5 Å². The number of hydrogen-bond donors (Lipinski definition) is 0. The lowest BCUT2D eigenvalue weighted by Gasteiger charge is -1.60. The van der Waals surface area contributed by atoms with Gasteiger partial charge in [-0.1, -0.05) is 5.16 Å². The van der Waals surface area contributed by atoms with Crippen molar-refractivity contribution in [1.29, 1.82) is 0 Å². The topological polar surface area (TPSA) is 49.8 Å². The maximum atomic E-state index is 6.72. The molecule has 0 bridgehead atoms. The summed E-state index contributed by atoms with van der Waals surface area (Å²) in [7, 11) is 0. The molecule has 1 radical (unpaired) electrons. The van der Waals surface area contributed by atoms with E-state index in [4.69, 9.17) is 5.73 Å². The second-order valence-corrected chi connectivity index (χ2v) is 0.913. The van der Waals surface area contributed by atoms with Crippen LogP contribution in [-0.4, -0.2) is 5.16 Å². The molecule has 0 spiro atoms. The molecule has 0 aliphatic heterocycles. The van der Waals surface area contributed by atoms with Gasteiger partial charge in [0.2, 0.25) is 0 Å². The molecule has 6 heavy (non-hydrogen) atoms. The first kappa shape index (κ1) is 3.21. The van der Waals surface area contributed by atoms with E-state index < -0.39 is 0 Å². The zero-order valence-electron chi connectivity index (χ0n) is 3.01. The van der Waals surface area contributed by atoms with Gasteiger partial charge in [-0.15, -0.1) is 0 Å². The van der Waals surface area contributed by atoms with E-state index in [1.807, 2.05) is 0 Å². The van der Waals surface area contributed by atoms with E-state index in [2.05, 4.69) is 9.68 Å². The van der Waals surface area contributed by atoms with E-state index >= 15 is 0 Å². The molecular formula is C3H3N2O. The molecule has 0 fully saturated rings. The zero-order valence-corrected chi connectivity index (χ0v) is 3.01. The van der Waals surface area contributed by atoms with E-state index in [-0.39, 0.29) is 0 Å². The minimum Gasteiger partial charge on any atom is -0.362 e. The molecule has 0 saturated carbocycles. The minimum absolute atomic E-state index is 0.315. The molecule has 1 rings (SSSR count). The van der Waals surface area contributed by atoms with Gasteiger partial charge < -0.3 is 4.52 Å². The Balaban J connectivity index is 3.05. The van der Waals surface area contributed by atoms with Crippen LogP contribution in [-0.2, 0) is 0 Å². The van der Waals surface area contributed by atoms with Gasteiger partial charge in [0, 0.05) is 0 Å². The molecule has 0 amide bonds. The standard InChI is InChI=1S/C3H3N2O/c4-3-1-5-6-2-3/h1-2,4H. The maximum Gasteiger partial charge on any atom is 0.148 e. The molecule has 3 nitrogen and oxygen atoms in total. The van der Waals surface area contributed by atoms with Gasteiger partial charge in [0.15, 0.2) is 0 Å². The van der Waals surface area contributed by atoms with Crippen LogP contribution in [0.2, 0.25) is 0 Å². The van der Waals surface area contributed by atoms with Crippen LogP contribution < -0.4 is 5.73 Å². The Morgan fingerprint density at radius 1 is 1.83 bits per heavy atom. The fourth-order valence-corrected chi connectivity index (χ4v) is 0.205. The van der Waals surface area contributed by atoms with Gasteiger partial charge in [0.1, 0.15) is 12.0 Å². The second-order valence-electron chi connectivity index (χ2n) is 0.913. The minimum atomic E-state index is 0.315. The summed E-state index contributed by atoms with van der Waals surface area (Å²) in [6.07, 6.45) is 2.60. The van der Waals surface area contributed by atoms with Gasteiger partial charge in [0.05, 0.1) is 6.20 Å². The largest absolute Gasteiger partial charge is 0.362 e. The molecule has 0 saturated heterocycles. The molecule has 0 aliphatic rings. The first-order valence-corrected chi connectivity index (χ1v) is 1.50. The van der Waals surface area contributed by atoms with Crippen molar-refractivity contribution in [2.75, 3.05) is 0 Å². The van der Waals surface area contributed by atoms with Crippen molar-refractivity contribution in [3.05, 3.63) is 12.5 Å². The maximum absolute atomic E-state index is 6.72. The van der Waals surface area contributed by atoms with Crippen LogP contribution in [0.3, 0.4) is 0 Å². The molecule has 0 aromatic carbocycles. The van der Waals surface area contributed by atoms with Crippen molar-refractivity contribution in [2.45, 2.75) is 0 Å². The Hall–Kier alpha value is -0.990. The Labute approximate surface area is 34.7 Å². The quantitative estimate of drug-likeness (QED) is 0.460. The fourth-order valence-electron chi connectivity index (χ4n) is 0.205. The van der Waals surface area contributed by atoms with Crippen LogP contribution in [0, 0.1) is 0 Å². The van der Waals surface area contributed by atoms with E-state index in [0.29, 0.717) is 5.69 Å². The lowest BCUT2D eigenvalue weighted by molar-refractivity contribution is 0.420. The summed E-state index contributed by atoms with van der Waals surface area (Å²) in [5.74, 6) is 0. The molecule has 1 N–H and O–H groups in total. The second kappa shape index (κ2) is 1.01. The number of nitrogens with zero attached hydrogens (tertiary/aromatic N) is 1. The van der Waals surface area contributed by atoms with Crippen LogP contribution >= 0.6 is 0 Å². The summed E-state index contributed by atoms with van der Waals surface area (Å²) in [5, 5.41) is 3.26. The van der Waals surface area contributed by atoms with Crippen LogP contribution in [0.1, 0.15) is 0 Å². The fraction of sp³-hybridized carbons (Fsp3) is 0. The molecule has 3 heteroatoms. The van der Waals surface area contributed by atoms with E-state index in [0.717, 1.165) is 0 Å². The SMILES string of the molecule is [NH]c1cnoc1. The van der Waals surface area contributed by atoms with Crippen molar-refractivity contribution in [3.8, 4) is 0 Å². The van der Waals surface area contributed by atoms with Gasteiger partial charge in [-0.2, -0.15) is 0 Å². The molecule has 0 aliphatic carbocycles. The molecule has 1 aromatic heterocycles. The number of nitrogens with one attached hydrogen (secondary N) is 1. The van der Waals surface area contributed by atoms with E-state index in [9.17, 15) is 0 Å². The third-order valence-electron chi connectivity index (χ3n) is 0.432. The highest BCUT2D eigenvalue weighted by Crippen LogP contribution is 1.95. The average Bonchev–Trinajstić information content (AvgIpc) is 1.86. The monoisotopic (exact) mass is 83.0 g/mol. The summed E-state index contributed by atoms with van der Waals surface area (Å²) < 4.78 is 4.28. The average molecular weight is 83.1 g/mol. The molecule has 0 atom stereocenters. The third-order valence-corrected chi connectivity index (χ3v) is 0.432. The first-order valence-electron chi connectivity index (χ1n) is 1.50. The lowest BCUT2D eigenvalue weighted by Crippen LogP contribution is -1.51. The summed E-state index contributed by atoms with van der Waals surface area (Å²) in [6.45, 7) is 0. The Morgan fingerprint density at radius 3 is 2.83 bits per heavy atom. The molecule has 0 unspecified atom stereocenters. The lowest BCUT2D eigenvalue weighted by atomic mass is 10.6. The van der Waals surface area contributed by atoms with Crippen LogP contribution in [0.15, 0.2) is 17.0 Å². The molecule has 1 heterocycles. The Bertz CT molecular complexity index is 112. The number of rotatable bonds is 0. The highest BCUT2D eigenvalue weighted by Gasteiger charge is 1.79. The third kappa shape index (κ3) is 0.337. The first-order chi connectivity index (χ1) is 2.89. The van der Waals surface area contributed by atoms with Gasteiger partial charge in [-0.25, -0.2) is 0 Å². The van der Waals surface area contributed by atoms with Crippen molar-refractivity contribution >= 4 is 5.69 Å². The summed E-state index contributed by atoms with van der Waals surface area (Å²) in [5.41, 5.74) is 7.03. The normalized spacial score (nSPS) is 8.67. The Kier molecular flexibility index (Phi) is 0.538. The number of hydrogen-bond acceptors (Lipinski definition) is 2. The zero-order chi connectivity index (χ0) is 4.41. The van der Waals surface area contributed by atoms with Crippen LogP contribution in [0.25, 0.3) is 0 Å². The van der Waals surface area contributed by atoms with Gasteiger partial charge in [0.25, 0.3) is 0 Å². The van der Waals surface area contributed by atoms with Crippen LogP contribution in [0.4, 0.5) is 5.69 Å². The molecular weight excluding hydrogens is 80.0 g/mol. The number of aromatic nitrogens is 1. The van der Waals surface area contributed by atoms with Crippen molar-refractivity contribution in [1.82, 2.24) is 10.9 Å². The van der Waals surface area contributed by atoms with E-state index in [1.54, 1.807) is 0 Å². The smallest absolute Gasteiger partial charge is 0.148 e. The van der Waals surface area contributed by atoms with Crippen molar-refractivity contribution < 1.29 is 4.52 Å². The van der Waals surface area contributed by atoms with Gasteiger partial charge >= 0.3 is 0 Å². The van der Waals surface area contributed by atoms with Crippen molar-refractivity contribution in [2.24, 2.45) is 0 Å².